The van der Waals surface area contributed by atoms with Crippen molar-refractivity contribution in [2.45, 2.75) is 26.3 Å². The number of nitrogens with zero attached hydrogens (tertiary/aromatic N) is 2. The fraction of sp³-hybridized carbons (Fsp3) is 0.227. The molecule has 0 spiro atoms. The third-order valence-electron chi connectivity index (χ3n) is 4.12. The molecule has 0 aliphatic rings. The smallest absolute Gasteiger partial charge is 0.270 e. The van der Waals surface area contributed by atoms with Gasteiger partial charge in [0.2, 0.25) is 0 Å². The van der Waals surface area contributed by atoms with E-state index in [-0.39, 0.29) is 23.9 Å². The van der Waals surface area contributed by atoms with Crippen molar-refractivity contribution in [3.8, 4) is 5.75 Å². The fourth-order valence-electron chi connectivity index (χ4n) is 2.68. The number of halogens is 1. The molecule has 1 aromatic carbocycles. The van der Waals surface area contributed by atoms with Crippen LogP contribution in [0.5, 0.6) is 5.75 Å². The number of pyridine rings is 2. The maximum absolute atomic E-state index is 14.6. The van der Waals surface area contributed by atoms with Crippen LogP contribution in [0.2, 0.25) is 0 Å². The van der Waals surface area contributed by atoms with Crippen molar-refractivity contribution >= 4 is 16.9 Å². The number of rotatable bonds is 8. The van der Waals surface area contributed by atoms with Gasteiger partial charge in [0.1, 0.15) is 5.69 Å². The Morgan fingerprint density at radius 3 is 2.89 bits per heavy atom. The van der Waals surface area contributed by atoms with Gasteiger partial charge in [-0.15, -0.1) is 0 Å². The zero-order valence-corrected chi connectivity index (χ0v) is 15.7. The van der Waals surface area contributed by atoms with Crippen LogP contribution in [-0.2, 0) is 6.54 Å². The number of nitrogens with one attached hydrogen (secondary N) is 1. The minimum absolute atomic E-state index is 0.0460. The lowest BCUT2D eigenvalue weighted by molar-refractivity contribution is 0.0946. The average molecular weight is 379 g/mol. The number of amides is 1. The largest absolute Gasteiger partial charge is 0.490 e. The van der Waals surface area contributed by atoms with Gasteiger partial charge in [-0.3, -0.25) is 9.78 Å². The second-order valence-electron chi connectivity index (χ2n) is 6.17. The van der Waals surface area contributed by atoms with Crippen molar-refractivity contribution in [1.29, 1.82) is 0 Å². The first-order valence-electron chi connectivity index (χ1n) is 9.24. The van der Waals surface area contributed by atoms with Crippen LogP contribution in [0.25, 0.3) is 11.0 Å². The van der Waals surface area contributed by atoms with Crippen molar-refractivity contribution < 1.29 is 13.9 Å². The third-order valence-corrected chi connectivity index (χ3v) is 4.12. The van der Waals surface area contributed by atoms with E-state index in [2.05, 4.69) is 22.2 Å². The van der Waals surface area contributed by atoms with E-state index in [4.69, 9.17) is 4.74 Å². The van der Waals surface area contributed by atoms with E-state index in [1.54, 1.807) is 48.7 Å². The Morgan fingerprint density at radius 2 is 2.04 bits per heavy atom. The van der Waals surface area contributed by atoms with Crippen molar-refractivity contribution in [3.63, 3.8) is 0 Å². The number of aromatic nitrogens is 2. The van der Waals surface area contributed by atoms with Gasteiger partial charge in [-0.25, -0.2) is 9.37 Å². The molecule has 28 heavy (non-hydrogen) atoms. The van der Waals surface area contributed by atoms with E-state index >= 15 is 0 Å². The Balaban J connectivity index is 1.62. The molecule has 0 bridgehead atoms. The first kappa shape index (κ1) is 19.5. The Hall–Kier alpha value is -3.28. The summed E-state index contributed by atoms with van der Waals surface area (Å²) in [6.07, 6.45) is 7.40. The van der Waals surface area contributed by atoms with Gasteiger partial charge < -0.3 is 10.1 Å². The maximum atomic E-state index is 14.6. The van der Waals surface area contributed by atoms with Gasteiger partial charge in [-0.05, 0) is 43.2 Å². The number of hydrogen-bond donors (Lipinski definition) is 1. The summed E-state index contributed by atoms with van der Waals surface area (Å²) in [6.45, 7) is 2.50. The third kappa shape index (κ3) is 4.91. The molecule has 1 amide bonds. The molecule has 2 heterocycles. The molecule has 1 N–H and O–H groups in total. The topological polar surface area (TPSA) is 64.1 Å². The van der Waals surface area contributed by atoms with E-state index in [9.17, 15) is 9.18 Å². The lowest BCUT2D eigenvalue weighted by atomic mass is 10.2. The molecular weight excluding hydrogens is 357 g/mol. The number of carbonyl (C=O) groups excluding carboxylic acids is 1. The minimum atomic E-state index is -0.460. The molecule has 3 aromatic rings. The quantitative estimate of drug-likeness (QED) is 0.464. The minimum Gasteiger partial charge on any atom is -0.490 e. The van der Waals surface area contributed by atoms with Crippen molar-refractivity contribution in [1.82, 2.24) is 15.3 Å². The average Bonchev–Trinajstić information content (AvgIpc) is 2.73. The number of benzene rings is 1. The van der Waals surface area contributed by atoms with E-state index in [1.165, 1.54) is 0 Å². The molecule has 0 fully saturated rings. The number of hydrogen-bond acceptors (Lipinski definition) is 4. The van der Waals surface area contributed by atoms with Crippen molar-refractivity contribution in [2.24, 2.45) is 0 Å². The van der Waals surface area contributed by atoms with Crippen LogP contribution < -0.4 is 10.1 Å². The highest BCUT2D eigenvalue weighted by Crippen LogP contribution is 2.21. The normalized spacial score (nSPS) is 11.1. The molecule has 2 aromatic heterocycles. The van der Waals surface area contributed by atoms with Gasteiger partial charge in [0, 0.05) is 18.3 Å². The predicted octanol–water partition coefficient (Wildman–Crippen LogP) is 4.43. The van der Waals surface area contributed by atoms with Crippen LogP contribution >= 0.6 is 0 Å². The number of allylic oxidation sites excluding steroid dienone is 1. The molecule has 0 unspecified atom stereocenters. The SMILES string of the molecule is CCC=CCCOc1cccc(CNC(=O)c2ccc3ncccc3n2)c1F. The second kappa shape index (κ2) is 9.60. The molecule has 6 heteroatoms. The molecule has 0 aliphatic heterocycles. The predicted molar refractivity (Wildman–Crippen MR) is 107 cm³/mol. The highest BCUT2D eigenvalue weighted by atomic mass is 19.1. The summed E-state index contributed by atoms with van der Waals surface area (Å²) < 4.78 is 20.1. The van der Waals surface area contributed by atoms with Crippen molar-refractivity contribution in [2.75, 3.05) is 6.61 Å². The summed E-state index contributed by atoms with van der Waals surface area (Å²) in [5, 5.41) is 2.70. The summed E-state index contributed by atoms with van der Waals surface area (Å²) in [5.41, 5.74) is 1.96. The van der Waals surface area contributed by atoms with Crippen LogP contribution in [0.3, 0.4) is 0 Å². The van der Waals surface area contributed by atoms with Crippen LogP contribution in [-0.4, -0.2) is 22.5 Å². The zero-order chi connectivity index (χ0) is 19.8. The van der Waals surface area contributed by atoms with Crippen LogP contribution in [0.1, 0.15) is 35.8 Å². The van der Waals surface area contributed by atoms with Crippen LogP contribution in [0.15, 0.2) is 60.8 Å². The number of carbonyl (C=O) groups is 1. The van der Waals surface area contributed by atoms with E-state index in [0.717, 1.165) is 12.8 Å². The van der Waals surface area contributed by atoms with Gasteiger partial charge in [0.25, 0.3) is 5.91 Å². The molecule has 0 saturated carbocycles. The molecule has 0 aliphatic carbocycles. The molecule has 144 valence electrons. The maximum Gasteiger partial charge on any atom is 0.270 e. The Bertz CT molecular complexity index is 988. The highest BCUT2D eigenvalue weighted by Gasteiger charge is 2.12. The summed E-state index contributed by atoms with van der Waals surface area (Å²) in [4.78, 5) is 20.8. The second-order valence-corrected chi connectivity index (χ2v) is 6.17. The fourth-order valence-corrected chi connectivity index (χ4v) is 2.68. The zero-order valence-electron chi connectivity index (χ0n) is 15.7. The summed E-state index contributed by atoms with van der Waals surface area (Å²) >= 11 is 0. The first-order chi connectivity index (χ1) is 13.7. The van der Waals surface area contributed by atoms with Crippen molar-refractivity contribution in [3.05, 3.63) is 77.9 Å². The summed E-state index contributed by atoms with van der Waals surface area (Å²) in [6, 6.07) is 11.8. The van der Waals surface area contributed by atoms with Gasteiger partial charge in [0.05, 0.1) is 17.6 Å². The molecule has 3 rings (SSSR count). The monoisotopic (exact) mass is 379 g/mol. The highest BCUT2D eigenvalue weighted by molar-refractivity contribution is 5.94. The molecule has 0 radical (unpaired) electrons. The molecule has 0 atom stereocenters. The van der Waals surface area contributed by atoms with Crippen LogP contribution in [0.4, 0.5) is 4.39 Å². The van der Waals surface area contributed by atoms with Gasteiger partial charge in [0.15, 0.2) is 11.6 Å². The van der Waals surface area contributed by atoms with E-state index in [0.29, 0.717) is 23.2 Å². The lowest BCUT2D eigenvalue weighted by Gasteiger charge is -2.10. The standard InChI is InChI=1S/C22H22FN3O2/c1-2-3-4-5-14-28-20-10-6-8-16(21(20)23)15-25-22(27)19-12-11-17-18(26-19)9-7-13-24-17/h3-4,6-13H,2,5,14-15H2,1H3,(H,25,27). The van der Waals surface area contributed by atoms with Gasteiger partial charge in [-0.1, -0.05) is 31.2 Å². The van der Waals surface area contributed by atoms with E-state index in [1.807, 2.05) is 12.2 Å². The summed E-state index contributed by atoms with van der Waals surface area (Å²) in [5.74, 6) is -0.648. The summed E-state index contributed by atoms with van der Waals surface area (Å²) in [7, 11) is 0. The van der Waals surface area contributed by atoms with E-state index < -0.39 is 5.82 Å². The van der Waals surface area contributed by atoms with Gasteiger partial charge in [-0.2, -0.15) is 0 Å². The number of ether oxygens (including phenoxy) is 1. The lowest BCUT2D eigenvalue weighted by Crippen LogP contribution is -2.24. The Labute approximate surface area is 163 Å². The number of fused-ring (bicyclic) bond motifs is 1. The molecular formula is C22H22FN3O2. The molecule has 0 saturated heterocycles. The Morgan fingerprint density at radius 1 is 1.14 bits per heavy atom. The first-order valence-corrected chi connectivity index (χ1v) is 9.24. The van der Waals surface area contributed by atoms with Crippen LogP contribution in [0, 0.1) is 5.82 Å². The Kier molecular flexibility index (Phi) is 6.68. The molecule has 5 nitrogen and oxygen atoms in total. The van der Waals surface area contributed by atoms with Gasteiger partial charge >= 0.3 is 0 Å².